The van der Waals surface area contributed by atoms with Crippen molar-refractivity contribution in [2.24, 2.45) is 5.92 Å². The van der Waals surface area contributed by atoms with Crippen LogP contribution in [0.5, 0.6) is 0 Å². The number of ketones is 1. The average Bonchev–Trinajstić information content (AvgIpc) is 2.50. The molecule has 0 N–H and O–H groups in total. The van der Waals surface area contributed by atoms with Crippen molar-refractivity contribution >= 4 is 5.78 Å². The Bertz CT molecular complexity index is 173. The molecule has 0 saturated heterocycles. The number of Topliss-reactive ketones (excluding diaryl/α,β-unsaturated/α-hetero) is 1. The van der Waals surface area contributed by atoms with E-state index in [-0.39, 0.29) is 5.60 Å². The maximum Gasteiger partial charge on any atom is 0.161 e. The number of rotatable bonds is 3. The highest BCUT2D eigenvalue weighted by molar-refractivity contribution is 5.82. The van der Waals surface area contributed by atoms with Crippen molar-refractivity contribution in [3.63, 3.8) is 0 Å². The molecule has 0 aromatic carbocycles. The van der Waals surface area contributed by atoms with Crippen molar-refractivity contribution < 1.29 is 9.53 Å². The first-order valence-corrected chi connectivity index (χ1v) is 5.16. The molecule has 1 rings (SSSR count). The van der Waals surface area contributed by atoms with Crippen molar-refractivity contribution in [1.82, 2.24) is 0 Å². The molecule has 13 heavy (non-hydrogen) atoms. The van der Waals surface area contributed by atoms with E-state index in [9.17, 15) is 4.79 Å². The van der Waals surface area contributed by atoms with Crippen molar-refractivity contribution in [3.8, 4) is 0 Å². The summed E-state index contributed by atoms with van der Waals surface area (Å²) in [5, 5.41) is 0. The van der Waals surface area contributed by atoms with Crippen molar-refractivity contribution in [1.29, 1.82) is 0 Å². The van der Waals surface area contributed by atoms with Gasteiger partial charge in [-0.3, -0.25) is 4.79 Å². The number of hydrogen-bond donors (Lipinski definition) is 0. The second-order valence-electron chi connectivity index (χ2n) is 4.85. The van der Waals surface area contributed by atoms with Gasteiger partial charge in [-0.05, 0) is 33.6 Å². The van der Waals surface area contributed by atoms with E-state index in [1.807, 2.05) is 20.8 Å². The van der Waals surface area contributed by atoms with E-state index in [1.165, 1.54) is 12.8 Å². The third kappa shape index (κ3) is 3.90. The Hall–Kier alpha value is -0.370. The monoisotopic (exact) mass is 184 g/mol. The summed E-state index contributed by atoms with van der Waals surface area (Å²) in [5.41, 5.74) is -0.186. The highest BCUT2D eigenvalue weighted by atomic mass is 16.5. The summed E-state index contributed by atoms with van der Waals surface area (Å²) >= 11 is 0. The van der Waals surface area contributed by atoms with Gasteiger partial charge in [0.15, 0.2) is 5.78 Å². The Labute approximate surface area is 80.7 Å². The summed E-state index contributed by atoms with van der Waals surface area (Å²) < 4.78 is 5.45. The summed E-state index contributed by atoms with van der Waals surface area (Å²) in [6, 6.07) is 0. The summed E-state index contributed by atoms with van der Waals surface area (Å²) in [6.45, 7) is 6.24. The summed E-state index contributed by atoms with van der Waals surface area (Å²) in [5.74, 6) is 0.592. The normalized spacial score (nSPS) is 19.3. The second-order valence-corrected chi connectivity index (χ2v) is 4.85. The molecule has 0 bridgehead atoms. The van der Waals surface area contributed by atoms with E-state index in [0.717, 1.165) is 12.8 Å². The van der Waals surface area contributed by atoms with E-state index < -0.39 is 0 Å². The van der Waals surface area contributed by atoms with Crippen LogP contribution in [0.1, 0.15) is 46.5 Å². The van der Waals surface area contributed by atoms with Crippen LogP contribution in [0, 0.1) is 5.92 Å². The highest BCUT2D eigenvalue weighted by Gasteiger charge is 2.23. The molecule has 0 unspecified atom stereocenters. The van der Waals surface area contributed by atoms with Crippen LogP contribution in [0.2, 0.25) is 0 Å². The Morgan fingerprint density at radius 3 is 2.31 bits per heavy atom. The SMILES string of the molecule is CC(C)(C)OCC(=O)C1CCCC1. The first kappa shape index (κ1) is 10.7. The Balaban J connectivity index is 2.25. The minimum absolute atomic E-state index is 0.186. The smallest absolute Gasteiger partial charge is 0.161 e. The fourth-order valence-corrected chi connectivity index (χ4v) is 1.65. The van der Waals surface area contributed by atoms with Gasteiger partial charge in [-0.15, -0.1) is 0 Å². The van der Waals surface area contributed by atoms with Gasteiger partial charge in [0.1, 0.15) is 6.61 Å². The van der Waals surface area contributed by atoms with Crippen LogP contribution in [0.4, 0.5) is 0 Å². The molecule has 0 heterocycles. The average molecular weight is 184 g/mol. The Morgan fingerprint density at radius 2 is 1.85 bits per heavy atom. The van der Waals surface area contributed by atoms with Crippen molar-refractivity contribution in [2.45, 2.75) is 52.1 Å². The van der Waals surface area contributed by atoms with Crippen LogP contribution >= 0.6 is 0 Å². The lowest BCUT2D eigenvalue weighted by Crippen LogP contribution is -2.26. The van der Waals surface area contributed by atoms with Gasteiger partial charge in [-0.1, -0.05) is 12.8 Å². The van der Waals surface area contributed by atoms with Gasteiger partial charge in [0.05, 0.1) is 5.60 Å². The molecule has 0 spiro atoms. The Morgan fingerprint density at radius 1 is 1.31 bits per heavy atom. The van der Waals surface area contributed by atoms with Gasteiger partial charge in [0.2, 0.25) is 0 Å². The lowest BCUT2D eigenvalue weighted by Gasteiger charge is -2.20. The zero-order chi connectivity index (χ0) is 9.90. The highest BCUT2D eigenvalue weighted by Crippen LogP contribution is 2.25. The van der Waals surface area contributed by atoms with Crippen molar-refractivity contribution in [2.75, 3.05) is 6.61 Å². The molecule has 1 fully saturated rings. The van der Waals surface area contributed by atoms with Crippen LogP contribution < -0.4 is 0 Å². The fourth-order valence-electron chi connectivity index (χ4n) is 1.65. The lowest BCUT2D eigenvalue weighted by molar-refractivity contribution is -0.132. The molecule has 2 heteroatoms. The number of carbonyl (C=O) groups excluding carboxylic acids is 1. The van der Waals surface area contributed by atoms with Crippen LogP contribution in [0.25, 0.3) is 0 Å². The molecule has 2 nitrogen and oxygen atoms in total. The predicted octanol–water partition coefficient (Wildman–Crippen LogP) is 2.56. The topological polar surface area (TPSA) is 26.3 Å². The maximum atomic E-state index is 11.6. The molecule has 0 aliphatic heterocycles. The zero-order valence-corrected chi connectivity index (χ0v) is 8.93. The molecule has 1 aliphatic carbocycles. The first-order chi connectivity index (χ1) is 5.99. The van der Waals surface area contributed by atoms with Gasteiger partial charge < -0.3 is 4.74 Å². The zero-order valence-electron chi connectivity index (χ0n) is 8.93. The lowest BCUT2D eigenvalue weighted by atomic mass is 10.0. The minimum atomic E-state index is -0.186. The minimum Gasteiger partial charge on any atom is -0.368 e. The van der Waals surface area contributed by atoms with Crippen molar-refractivity contribution in [3.05, 3.63) is 0 Å². The number of hydrogen-bond acceptors (Lipinski definition) is 2. The van der Waals surface area contributed by atoms with E-state index in [0.29, 0.717) is 18.3 Å². The molecule has 0 atom stereocenters. The van der Waals surface area contributed by atoms with E-state index in [1.54, 1.807) is 0 Å². The summed E-state index contributed by atoms with van der Waals surface area (Å²) in [6.07, 6.45) is 4.58. The first-order valence-electron chi connectivity index (χ1n) is 5.16. The summed E-state index contributed by atoms with van der Waals surface area (Å²) in [7, 11) is 0. The van der Waals surface area contributed by atoms with Gasteiger partial charge in [0, 0.05) is 5.92 Å². The van der Waals surface area contributed by atoms with E-state index in [2.05, 4.69) is 0 Å². The summed E-state index contributed by atoms with van der Waals surface area (Å²) in [4.78, 5) is 11.6. The molecular formula is C11H20O2. The molecule has 1 saturated carbocycles. The van der Waals surface area contributed by atoms with Crippen LogP contribution in [0.15, 0.2) is 0 Å². The number of ether oxygens (including phenoxy) is 1. The molecule has 0 aromatic rings. The van der Waals surface area contributed by atoms with Crippen LogP contribution in [0.3, 0.4) is 0 Å². The molecule has 76 valence electrons. The fraction of sp³-hybridized carbons (Fsp3) is 0.909. The van der Waals surface area contributed by atoms with Gasteiger partial charge in [-0.2, -0.15) is 0 Å². The predicted molar refractivity (Wildman–Crippen MR) is 52.7 cm³/mol. The van der Waals surface area contributed by atoms with E-state index in [4.69, 9.17) is 4.74 Å². The standard InChI is InChI=1S/C11H20O2/c1-11(2,3)13-8-10(12)9-6-4-5-7-9/h9H,4-8H2,1-3H3. The van der Waals surface area contributed by atoms with Crippen LogP contribution in [-0.4, -0.2) is 18.0 Å². The Kier molecular flexibility index (Phi) is 3.48. The largest absolute Gasteiger partial charge is 0.368 e. The number of carbonyl (C=O) groups is 1. The molecule has 0 radical (unpaired) electrons. The van der Waals surface area contributed by atoms with Gasteiger partial charge >= 0.3 is 0 Å². The van der Waals surface area contributed by atoms with Gasteiger partial charge in [-0.25, -0.2) is 0 Å². The molecular weight excluding hydrogens is 164 g/mol. The van der Waals surface area contributed by atoms with Crippen LogP contribution in [-0.2, 0) is 9.53 Å². The second kappa shape index (κ2) is 4.23. The molecule has 0 amide bonds. The quantitative estimate of drug-likeness (QED) is 0.673. The third-order valence-corrected chi connectivity index (χ3v) is 2.46. The van der Waals surface area contributed by atoms with E-state index >= 15 is 0 Å². The maximum absolute atomic E-state index is 11.6. The molecule has 1 aliphatic rings. The van der Waals surface area contributed by atoms with Gasteiger partial charge in [0.25, 0.3) is 0 Å². The molecule has 0 aromatic heterocycles. The third-order valence-electron chi connectivity index (χ3n) is 2.46.